The first kappa shape index (κ1) is 12.3. The molecule has 0 aliphatic carbocycles. The normalized spacial score (nSPS) is 10.1. The van der Waals surface area contributed by atoms with Crippen molar-refractivity contribution in [1.29, 1.82) is 10.5 Å². The fraction of sp³-hybridized carbons (Fsp3) is 0.500. The molecule has 1 aromatic rings. The van der Waals surface area contributed by atoms with E-state index in [0.29, 0.717) is 12.8 Å². The van der Waals surface area contributed by atoms with Crippen LogP contribution in [0.4, 0.5) is 0 Å². The minimum absolute atomic E-state index is 0.410. The van der Waals surface area contributed by atoms with Crippen LogP contribution in [0.5, 0.6) is 0 Å². The maximum absolute atomic E-state index is 8.80. The van der Waals surface area contributed by atoms with Gasteiger partial charge in [0.15, 0.2) is 0 Å². The Morgan fingerprint density at radius 3 is 2.62 bits per heavy atom. The zero-order valence-electron chi connectivity index (χ0n) is 9.75. The minimum Gasteiger partial charge on any atom is -0.363 e. The summed E-state index contributed by atoms with van der Waals surface area (Å²) < 4.78 is 0. The highest BCUT2D eigenvalue weighted by Crippen LogP contribution is 2.17. The zero-order chi connectivity index (χ0) is 12.0. The topological polar surface area (TPSA) is 66.6 Å². The van der Waals surface area contributed by atoms with Crippen molar-refractivity contribution >= 4 is 0 Å². The number of hydrogen-bond donors (Lipinski definition) is 1. The molecule has 1 N–H and O–H groups in total. The highest BCUT2D eigenvalue weighted by Gasteiger charge is 2.11. The number of aromatic nitrogens is 1. The predicted octanol–water partition coefficient (Wildman–Crippen LogP) is 1.60. The smallest absolute Gasteiger partial charge is 0.0670 e. The van der Waals surface area contributed by atoms with E-state index in [1.807, 2.05) is 20.3 Å². The first-order chi connectivity index (χ1) is 7.69. The summed E-state index contributed by atoms with van der Waals surface area (Å²) in [5.41, 5.74) is 3.24. The van der Waals surface area contributed by atoms with E-state index in [-0.39, 0.29) is 0 Å². The van der Waals surface area contributed by atoms with E-state index in [2.05, 4.69) is 22.0 Å². The molecule has 4 nitrogen and oxygen atoms in total. The maximum atomic E-state index is 8.80. The monoisotopic (exact) mass is 216 g/mol. The van der Waals surface area contributed by atoms with Gasteiger partial charge in [0.2, 0.25) is 0 Å². The van der Waals surface area contributed by atoms with Crippen LogP contribution < -0.4 is 0 Å². The molecule has 0 aromatic carbocycles. The summed E-state index contributed by atoms with van der Waals surface area (Å²) in [6.07, 6.45) is 3.55. The number of nitrogens with zero attached hydrogens (tertiary/aromatic N) is 3. The van der Waals surface area contributed by atoms with Crippen molar-refractivity contribution in [2.45, 2.75) is 25.8 Å². The summed E-state index contributed by atoms with van der Waals surface area (Å²) >= 11 is 0. The quantitative estimate of drug-likeness (QED) is 0.812. The van der Waals surface area contributed by atoms with Crippen LogP contribution in [0.3, 0.4) is 0 Å². The van der Waals surface area contributed by atoms with E-state index < -0.39 is 0 Å². The van der Waals surface area contributed by atoms with E-state index >= 15 is 0 Å². The third-order valence-corrected chi connectivity index (χ3v) is 2.41. The van der Waals surface area contributed by atoms with Crippen LogP contribution in [0.25, 0.3) is 0 Å². The number of rotatable bonds is 5. The Morgan fingerprint density at radius 2 is 2.06 bits per heavy atom. The van der Waals surface area contributed by atoms with Crippen LogP contribution >= 0.6 is 0 Å². The number of aromatic amines is 1. The average Bonchev–Trinajstić information content (AvgIpc) is 2.59. The molecule has 1 aromatic heterocycles. The Labute approximate surface area is 96.1 Å². The summed E-state index contributed by atoms with van der Waals surface area (Å²) in [6, 6.07) is 4.31. The Morgan fingerprint density at radius 1 is 1.31 bits per heavy atom. The van der Waals surface area contributed by atoms with Gasteiger partial charge in [-0.05, 0) is 31.6 Å². The van der Waals surface area contributed by atoms with Crippen molar-refractivity contribution in [2.75, 3.05) is 14.1 Å². The third kappa shape index (κ3) is 3.12. The van der Waals surface area contributed by atoms with Crippen molar-refractivity contribution in [3.63, 3.8) is 0 Å². The second-order valence-electron chi connectivity index (χ2n) is 4.00. The van der Waals surface area contributed by atoms with Crippen LogP contribution in [0.2, 0.25) is 0 Å². The zero-order valence-corrected chi connectivity index (χ0v) is 9.75. The maximum Gasteiger partial charge on any atom is 0.0670 e. The molecule has 84 valence electrons. The second-order valence-corrected chi connectivity index (χ2v) is 4.00. The van der Waals surface area contributed by atoms with E-state index in [4.69, 9.17) is 10.5 Å². The van der Waals surface area contributed by atoms with Crippen molar-refractivity contribution < 1.29 is 0 Å². The van der Waals surface area contributed by atoms with Gasteiger partial charge in [0.05, 0.1) is 18.6 Å². The fourth-order valence-electron chi connectivity index (χ4n) is 1.71. The molecule has 16 heavy (non-hydrogen) atoms. The number of nitrogens with one attached hydrogen (secondary N) is 1. The van der Waals surface area contributed by atoms with Gasteiger partial charge >= 0.3 is 0 Å². The van der Waals surface area contributed by atoms with E-state index in [1.54, 1.807) is 0 Å². The SMILES string of the molecule is CN(C)Cc1[nH]cc(CCC#N)c1CC#N. The Balaban J connectivity index is 2.89. The van der Waals surface area contributed by atoms with Crippen LogP contribution in [0.1, 0.15) is 23.2 Å². The number of aryl methyl sites for hydroxylation is 1. The lowest BCUT2D eigenvalue weighted by molar-refractivity contribution is 0.396. The molecular formula is C12H16N4. The lowest BCUT2D eigenvalue weighted by Gasteiger charge is -2.09. The summed E-state index contributed by atoms with van der Waals surface area (Å²) in [5.74, 6) is 0. The molecule has 0 amide bonds. The van der Waals surface area contributed by atoms with Gasteiger partial charge in [-0.3, -0.25) is 0 Å². The molecule has 0 radical (unpaired) electrons. The van der Waals surface area contributed by atoms with E-state index in [1.165, 1.54) is 0 Å². The van der Waals surface area contributed by atoms with Crippen LogP contribution in [-0.2, 0) is 19.4 Å². The lowest BCUT2D eigenvalue weighted by atomic mass is 10.0. The molecule has 1 heterocycles. The largest absolute Gasteiger partial charge is 0.363 e. The molecule has 0 spiro atoms. The van der Waals surface area contributed by atoms with Gasteiger partial charge in [-0.2, -0.15) is 10.5 Å². The fourth-order valence-corrected chi connectivity index (χ4v) is 1.71. The number of hydrogen-bond acceptors (Lipinski definition) is 3. The average molecular weight is 216 g/mol. The molecule has 0 aliphatic rings. The molecule has 1 rings (SSSR count). The summed E-state index contributed by atoms with van der Waals surface area (Å²) in [7, 11) is 3.98. The first-order valence-corrected chi connectivity index (χ1v) is 5.25. The minimum atomic E-state index is 0.410. The van der Waals surface area contributed by atoms with Gasteiger partial charge in [0.25, 0.3) is 0 Å². The standard InChI is InChI=1S/C12H16N4/c1-16(2)9-12-11(5-7-14)10(8-15-12)4-3-6-13/h8,15H,3-5,9H2,1-2H3. The molecule has 0 saturated heterocycles. The van der Waals surface area contributed by atoms with Gasteiger partial charge < -0.3 is 9.88 Å². The Kier molecular flexibility index (Phi) is 4.57. The summed E-state index contributed by atoms with van der Waals surface area (Å²) in [6.45, 7) is 0.795. The lowest BCUT2D eigenvalue weighted by Crippen LogP contribution is -2.12. The molecule has 0 aliphatic heterocycles. The molecule has 0 saturated carbocycles. The molecule has 0 fully saturated rings. The highest BCUT2D eigenvalue weighted by molar-refractivity contribution is 5.33. The summed E-state index contributed by atoms with van der Waals surface area (Å²) in [4.78, 5) is 5.25. The molecule has 0 bridgehead atoms. The Hall–Kier alpha value is -1.78. The van der Waals surface area contributed by atoms with E-state index in [0.717, 1.165) is 29.8 Å². The van der Waals surface area contributed by atoms with Gasteiger partial charge in [-0.1, -0.05) is 0 Å². The van der Waals surface area contributed by atoms with Crippen molar-refractivity contribution in [3.05, 3.63) is 23.0 Å². The van der Waals surface area contributed by atoms with Gasteiger partial charge in [-0.15, -0.1) is 0 Å². The van der Waals surface area contributed by atoms with Crippen molar-refractivity contribution in [2.24, 2.45) is 0 Å². The van der Waals surface area contributed by atoms with Gasteiger partial charge in [0, 0.05) is 24.9 Å². The molecular weight excluding hydrogens is 200 g/mol. The highest BCUT2D eigenvalue weighted by atomic mass is 15.1. The van der Waals surface area contributed by atoms with Crippen molar-refractivity contribution in [3.8, 4) is 12.1 Å². The predicted molar refractivity (Wildman–Crippen MR) is 61.4 cm³/mol. The van der Waals surface area contributed by atoms with Crippen LogP contribution in [0.15, 0.2) is 6.20 Å². The molecule has 0 atom stereocenters. The number of nitriles is 2. The van der Waals surface area contributed by atoms with Crippen LogP contribution in [0, 0.1) is 22.7 Å². The molecule has 0 unspecified atom stereocenters. The van der Waals surface area contributed by atoms with Gasteiger partial charge in [0.1, 0.15) is 0 Å². The molecule has 4 heteroatoms. The summed E-state index contributed by atoms with van der Waals surface area (Å²) in [5, 5.41) is 17.4. The van der Waals surface area contributed by atoms with Crippen molar-refractivity contribution in [1.82, 2.24) is 9.88 Å². The van der Waals surface area contributed by atoms with Gasteiger partial charge in [-0.25, -0.2) is 0 Å². The first-order valence-electron chi connectivity index (χ1n) is 5.25. The Bertz CT molecular complexity index is 417. The van der Waals surface area contributed by atoms with Crippen LogP contribution in [-0.4, -0.2) is 24.0 Å². The number of H-pyrrole nitrogens is 1. The third-order valence-electron chi connectivity index (χ3n) is 2.41. The van der Waals surface area contributed by atoms with E-state index in [9.17, 15) is 0 Å². The second kappa shape index (κ2) is 5.95.